The average Bonchev–Trinajstić information content (AvgIpc) is 2.51. The molecule has 0 radical (unpaired) electrons. The van der Waals surface area contributed by atoms with Crippen LogP contribution in [-0.2, 0) is 29.2 Å². The van der Waals surface area contributed by atoms with E-state index in [4.69, 9.17) is 9.29 Å². The summed E-state index contributed by atoms with van der Waals surface area (Å²) >= 11 is 0. The Kier molecular flexibility index (Phi) is 7.39. The maximum atomic E-state index is 13.2. The fourth-order valence-corrected chi connectivity index (χ4v) is 3.55. The maximum absolute atomic E-state index is 13.2. The fraction of sp³-hybridized carbons (Fsp3) is 0.733. The molecule has 1 rings (SSSR count). The fourth-order valence-electron chi connectivity index (χ4n) is 2.65. The summed E-state index contributed by atoms with van der Waals surface area (Å²) in [6, 6.07) is 0. The SMILES string of the molecule is C=C(C)C(=O)OC1CCC(C(=O)OC(CS(=O)(=O)O)(C(F)(F)F)C(F)(F)F)CC1. The van der Waals surface area contributed by atoms with Crippen molar-refractivity contribution in [2.24, 2.45) is 5.92 Å². The molecule has 0 aliphatic heterocycles. The molecule has 7 nitrogen and oxygen atoms in total. The largest absolute Gasteiger partial charge is 0.459 e. The first-order valence-electron chi connectivity index (χ1n) is 8.07. The molecule has 0 spiro atoms. The smallest absolute Gasteiger partial charge is 0.438 e. The van der Waals surface area contributed by atoms with E-state index in [2.05, 4.69) is 11.3 Å². The summed E-state index contributed by atoms with van der Waals surface area (Å²) in [4.78, 5) is 23.4. The van der Waals surface area contributed by atoms with Gasteiger partial charge in [-0.25, -0.2) is 4.79 Å². The molecule has 0 aromatic heterocycles. The number of esters is 2. The Morgan fingerprint density at radius 1 is 1.03 bits per heavy atom. The minimum Gasteiger partial charge on any atom is -0.459 e. The van der Waals surface area contributed by atoms with E-state index in [0.29, 0.717) is 0 Å². The Bertz CT molecular complexity index is 734. The molecule has 1 fully saturated rings. The van der Waals surface area contributed by atoms with Crippen LogP contribution in [0.1, 0.15) is 32.6 Å². The van der Waals surface area contributed by atoms with Gasteiger partial charge in [0.1, 0.15) is 11.9 Å². The molecule has 0 aromatic rings. The second-order valence-electron chi connectivity index (χ2n) is 6.63. The van der Waals surface area contributed by atoms with Gasteiger partial charge in [0.05, 0.1) is 5.92 Å². The van der Waals surface area contributed by atoms with Crippen LogP contribution in [-0.4, -0.2) is 54.7 Å². The topological polar surface area (TPSA) is 107 Å². The van der Waals surface area contributed by atoms with Crippen LogP contribution in [0.4, 0.5) is 26.3 Å². The molecule has 0 atom stereocenters. The van der Waals surface area contributed by atoms with Gasteiger partial charge >= 0.3 is 29.9 Å². The number of carbonyl (C=O) groups is 2. The average molecular weight is 456 g/mol. The van der Waals surface area contributed by atoms with Crippen LogP contribution in [0.3, 0.4) is 0 Å². The first-order valence-corrected chi connectivity index (χ1v) is 9.68. The lowest BCUT2D eigenvalue weighted by molar-refractivity contribution is -0.362. The van der Waals surface area contributed by atoms with Crippen LogP contribution in [0, 0.1) is 5.92 Å². The Hall–Kier alpha value is -1.83. The zero-order valence-electron chi connectivity index (χ0n) is 15.0. The molecule has 1 saturated carbocycles. The Labute approximate surface area is 161 Å². The predicted molar refractivity (Wildman–Crippen MR) is 84.0 cm³/mol. The first-order chi connectivity index (χ1) is 12.9. The van der Waals surface area contributed by atoms with E-state index in [1.807, 2.05) is 0 Å². The molecule has 0 unspecified atom stereocenters. The van der Waals surface area contributed by atoms with Gasteiger partial charge in [-0.1, -0.05) is 6.58 Å². The standard InChI is InChI=1S/C15H18F6O7S/c1-8(2)11(22)27-10-5-3-9(4-6-10)12(23)28-13(14(16,17)18,15(19,20)21)7-29(24,25)26/h9-10H,1,3-7H2,2H3,(H,24,25,26). The molecule has 0 amide bonds. The molecule has 1 N–H and O–H groups in total. The molecule has 168 valence electrons. The lowest BCUT2D eigenvalue weighted by Crippen LogP contribution is -2.63. The Balaban J connectivity index is 3.00. The lowest BCUT2D eigenvalue weighted by atomic mass is 9.87. The van der Waals surface area contributed by atoms with Gasteiger partial charge in [0.2, 0.25) is 0 Å². The number of carbonyl (C=O) groups excluding carboxylic acids is 2. The highest BCUT2D eigenvalue weighted by molar-refractivity contribution is 7.85. The zero-order chi connectivity index (χ0) is 22.8. The summed E-state index contributed by atoms with van der Waals surface area (Å²) in [5.74, 6) is -7.00. The number of rotatable bonds is 6. The van der Waals surface area contributed by atoms with Gasteiger partial charge in [-0.05, 0) is 32.6 Å². The molecule has 14 heteroatoms. The van der Waals surface area contributed by atoms with Crippen LogP contribution in [0.5, 0.6) is 0 Å². The minimum absolute atomic E-state index is 0.0396. The summed E-state index contributed by atoms with van der Waals surface area (Å²) in [7, 11) is -5.84. The number of hydrogen-bond acceptors (Lipinski definition) is 6. The van der Waals surface area contributed by atoms with Gasteiger partial charge < -0.3 is 9.47 Å². The second-order valence-corrected chi connectivity index (χ2v) is 8.08. The molecule has 0 aromatic carbocycles. The third kappa shape index (κ3) is 6.32. The van der Waals surface area contributed by atoms with Gasteiger partial charge in [0.15, 0.2) is 0 Å². The Morgan fingerprint density at radius 2 is 1.48 bits per heavy atom. The zero-order valence-corrected chi connectivity index (χ0v) is 15.8. The van der Waals surface area contributed by atoms with E-state index >= 15 is 0 Å². The maximum Gasteiger partial charge on any atom is 0.438 e. The minimum atomic E-state index is -6.37. The monoisotopic (exact) mass is 456 g/mol. The summed E-state index contributed by atoms with van der Waals surface area (Å²) < 4.78 is 118. The highest BCUT2D eigenvalue weighted by Crippen LogP contribution is 2.47. The normalized spacial score (nSPS) is 21.4. The third-order valence-electron chi connectivity index (χ3n) is 4.21. The van der Waals surface area contributed by atoms with Gasteiger partial charge in [-0.15, -0.1) is 0 Å². The molecule has 0 saturated heterocycles. The van der Waals surface area contributed by atoms with Crippen molar-refractivity contribution in [1.82, 2.24) is 0 Å². The molecular formula is C15H18F6O7S. The lowest BCUT2D eigenvalue weighted by Gasteiger charge is -2.37. The van der Waals surface area contributed by atoms with Crippen molar-refractivity contribution in [2.75, 3.05) is 5.75 Å². The molecular weight excluding hydrogens is 438 g/mol. The summed E-state index contributed by atoms with van der Waals surface area (Å²) in [5, 5.41) is 0. The van der Waals surface area contributed by atoms with E-state index in [9.17, 15) is 44.3 Å². The molecule has 0 heterocycles. The van der Waals surface area contributed by atoms with E-state index < -0.39 is 57.8 Å². The number of ether oxygens (including phenoxy) is 2. The van der Waals surface area contributed by atoms with Crippen molar-refractivity contribution >= 4 is 22.1 Å². The number of alkyl halides is 6. The van der Waals surface area contributed by atoms with Crippen LogP contribution in [0.25, 0.3) is 0 Å². The van der Waals surface area contributed by atoms with Crippen molar-refractivity contribution in [3.8, 4) is 0 Å². The summed E-state index contributed by atoms with van der Waals surface area (Å²) in [6.45, 7) is 4.72. The van der Waals surface area contributed by atoms with E-state index in [-0.39, 0.29) is 31.3 Å². The Morgan fingerprint density at radius 3 is 1.83 bits per heavy atom. The quantitative estimate of drug-likeness (QED) is 0.283. The highest BCUT2D eigenvalue weighted by Gasteiger charge is 2.76. The molecule has 29 heavy (non-hydrogen) atoms. The van der Waals surface area contributed by atoms with Crippen molar-refractivity contribution in [3.05, 3.63) is 12.2 Å². The molecule has 1 aliphatic rings. The first kappa shape index (κ1) is 25.2. The predicted octanol–water partition coefficient (Wildman–Crippen LogP) is 2.96. The van der Waals surface area contributed by atoms with E-state index in [1.54, 1.807) is 0 Å². The van der Waals surface area contributed by atoms with Crippen molar-refractivity contribution < 1.29 is 58.4 Å². The van der Waals surface area contributed by atoms with Gasteiger partial charge in [-0.2, -0.15) is 34.8 Å². The van der Waals surface area contributed by atoms with Crippen LogP contribution in [0.2, 0.25) is 0 Å². The number of halogens is 6. The summed E-state index contributed by atoms with van der Waals surface area (Å²) in [5.41, 5.74) is -5.34. The highest BCUT2D eigenvalue weighted by atomic mass is 32.2. The van der Waals surface area contributed by atoms with Gasteiger partial charge in [-0.3, -0.25) is 9.35 Å². The van der Waals surface area contributed by atoms with E-state index in [0.717, 1.165) is 0 Å². The van der Waals surface area contributed by atoms with Crippen molar-refractivity contribution in [1.29, 1.82) is 0 Å². The van der Waals surface area contributed by atoms with Crippen LogP contribution in [0.15, 0.2) is 12.2 Å². The molecule has 0 bridgehead atoms. The molecule has 1 aliphatic carbocycles. The van der Waals surface area contributed by atoms with Crippen LogP contribution >= 0.6 is 0 Å². The van der Waals surface area contributed by atoms with Gasteiger partial charge in [0.25, 0.3) is 10.1 Å². The second kappa shape index (κ2) is 8.50. The summed E-state index contributed by atoms with van der Waals surface area (Å²) in [6.07, 6.45) is -14.0. The van der Waals surface area contributed by atoms with Crippen molar-refractivity contribution in [2.45, 2.75) is 56.7 Å². The van der Waals surface area contributed by atoms with Crippen molar-refractivity contribution in [3.63, 3.8) is 0 Å². The van der Waals surface area contributed by atoms with Gasteiger partial charge in [0, 0.05) is 5.57 Å². The van der Waals surface area contributed by atoms with Crippen LogP contribution < -0.4 is 0 Å². The number of hydrogen-bond donors (Lipinski definition) is 1. The third-order valence-corrected chi connectivity index (χ3v) is 4.98. The van der Waals surface area contributed by atoms with E-state index in [1.165, 1.54) is 6.92 Å².